The highest BCUT2D eigenvalue weighted by Crippen LogP contribution is 2.13. The molecule has 0 radical (unpaired) electrons. The summed E-state index contributed by atoms with van der Waals surface area (Å²) >= 11 is 0. The number of aromatic nitrogens is 1. The van der Waals surface area contributed by atoms with Crippen LogP contribution in [0.2, 0.25) is 0 Å². The number of ether oxygens (including phenoxy) is 1. The van der Waals surface area contributed by atoms with Gasteiger partial charge in [-0.1, -0.05) is 13.8 Å². The summed E-state index contributed by atoms with van der Waals surface area (Å²) in [4.78, 5) is 16.8. The van der Waals surface area contributed by atoms with Crippen LogP contribution in [0.5, 0.6) is 0 Å². The molecule has 5 nitrogen and oxygen atoms in total. The van der Waals surface area contributed by atoms with Gasteiger partial charge in [0.25, 0.3) is 5.91 Å². The van der Waals surface area contributed by atoms with Gasteiger partial charge in [0, 0.05) is 31.0 Å². The summed E-state index contributed by atoms with van der Waals surface area (Å²) in [5, 5.41) is 6.20. The fourth-order valence-electron chi connectivity index (χ4n) is 2.36. The monoisotopic (exact) mass is 291 g/mol. The molecule has 1 aliphatic heterocycles. The molecule has 0 saturated carbocycles. The number of aryl methyl sites for hydroxylation is 1. The van der Waals surface area contributed by atoms with E-state index in [4.69, 9.17) is 4.74 Å². The largest absolute Gasteiger partial charge is 0.376 e. The molecule has 0 bridgehead atoms. The third-order valence-corrected chi connectivity index (χ3v) is 3.57. The number of hydrogen-bond acceptors (Lipinski definition) is 4. The summed E-state index contributed by atoms with van der Waals surface area (Å²) in [7, 11) is 0. The Morgan fingerprint density at radius 2 is 2.29 bits per heavy atom. The van der Waals surface area contributed by atoms with Gasteiger partial charge < -0.3 is 15.4 Å². The Bertz CT molecular complexity index is 471. The average Bonchev–Trinajstić information content (AvgIpc) is 3.03. The van der Waals surface area contributed by atoms with Gasteiger partial charge in [0.1, 0.15) is 5.82 Å². The van der Waals surface area contributed by atoms with Crippen LogP contribution in [-0.4, -0.2) is 36.7 Å². The van der Waals surface area contributed by atoms with Crippen LogP contribution in [0, 0.1) is 0 Å². The molecule has 0 aliphatic carbocycles. The number of hydrogen-bond donors (Lipinski definition) is 2. The second-order valence-electron chi connectivity index (χ2n) is 5.36. The lowest BCUT2D eigenvalue weighted by atomic mass is 10.1. The maximum Gasteiger partial charge on any atom is 0.251 e. The first-order chi connectivity index (χ1) is 10.2. The molecular weight excluding hydrogens is 266 g/mol. The standard InChI is InChI=1S/C16H25N3O2/c1-3-7-17-15-10-12(9-13(4-2)19-15)16(20)18-11-14-6-5-8-21-14/h9-10,14H,3-8,11H2,1-2H3,(H,17,19)(H,18,20). The molecule has 1 atom stereocenters. The van der Waals surface area contributed by atoms with Crippen molar-refractivity contribution in [2.75, 3.05) is 25.0 Å². The first-order valence-electron chi connectivity index (χ1n) is 7.87. The molecule has 2 N–H and O–H groups in total. The van der Waals surface area contributed by atoms with Gasteiger partial charge in [-0.05, 0) is 37.8 Å². The van der Waals surface area contributed by atoms with Crippen LogP contribution in [-0.2, 0) is 11.2 Å². The predicted octanol–water partition coefficient (Wildman–Crippen LogP) is 2.37. The Hall–Kier alpha value is -1.62. The Balaban J connectivity index is 2.00. The van der Waals surface area contributed by atoms with Crippen LogP contribution in [0.3, 0.4) is 0 Å². The highest BCUT2D eigenvalue weighted by molar-refractivity contribution is 5.95. The van der Waals surface area contributed by atoms with E-state index in [0.717, 1.165) is 50.3 Å². The molecule has 1 aliphatic rings. The Kier molecular flexibility index (Phi) is 5.99. The van der Waals surface area contributed by atoms with Crippen LogP contribution in [0.4, 0.5) is 5.82 Å². The lowest BCUT2D eigenvalue weighted by Crippen LogP contribution is -2.31. The molecule has 1 aromatic heterocycles. The van der Waals surface area contributed by atoms with Gasteiger partial charge >= 0.3 is 0 Å². The number of carbonyl (C=O) groups is 1. The van der Waals surface area contributed by atoms with Gasteiger partial charge in [-0.2, -0.15) is 0 Å². The second-order valence-corrected chi connectivity index (χ2v) is 5.36. The summed E-state index contributed by atoms with van der Waals surface area (Å²) < 4.78 is 5.52. The van der Waals surface area contributed by atoms with E-state index in [-0.39, 0.29) is 12.0 Å². The van der Waals surface area contributed by atoms with Crippen molar-refractivity contribution >= 4 is 11.7 Å². The van der Waals surface area contributed by atoms with Crippen molar-refractivity contribution in [2.45, 2.75) is 45.6 Å². The minimum Gasteiger partial charge on any atom is -0.376 e. The highest BCUT2D eigenvalue weighted by Gasteiger charge is 2.17. The Labute approximate surface area is 126 Å². The lowest BCUT2D eigenvalue weighted by molar-refractivity contribution is 0.0857. The molecule has 1 unspecified atom stereocenters. The van der Waals surface area contributed by atoms with E-state index < -0.39 is 0 Å². The Morgan fingerprint density at radius 1 is 1.43 bits per heavy atom. The first kappa shape index (κ1) is 15.8. The number of amides is 1. The SMILES string of the molecule is CCCNc1cc(C(=O)NCC2CCCO2)cc(CC)n1. The third-order valence-electron chi connectivity index (χ3n) is 3.57. The van der Waals surface area contributed by atoms with Gasteiger partial charge in [-0.3, -0.25) is 4.79 Å². The summed E-state index contributed by atoms with van der Waals surface area (Å²) in [5.41, 5.74) is 1.59. The maximum absolute atomic E-state index is 12.3. The molecule has 1 aromatic rings. The number of rotatable bonds is 7. The van der Waals surface area contributed by atoms with Crippen molar-refractivity contribution in [1.82, 2.24) is 10.3 Å². The zero-order valence-electron chi connectivity index (χ0n) is 12.9. The molecule has 0 spiro atoms. The van der Waals surface area contributed by atoms with Crippen molar-refractivity contribution in [3.8, 4) is 0 Å². The molecule has 1 saturated heterocycles. The van der Waals surface area contributed by atoms with Crippen molar-refractivity contribution in [3.05, 3.63) is 23.4 Å². The van der Waals surface area contributed by atoms with E-state index in [0.29, 0.717) is 12.1 Å². The van der Waals surface area contributed by atoms with Crippen molar-refractivity contribution in [3.63, 3.8) is 0 Å². The van der Waals surface area contributed by atoms with Gasteiger partial charge in [0.2, 0.25) is 0 Å². The maximum atomic E-state index is 12.3. The molecule has 1 amide bonds. The molecule has 1 fully saturated rings. The van der Waals surface area contributed by atoms with E-state index in [9.17, 15) is 4.79 Å². The topological polar surface area (TPSA) is 63.2 Å². The minimum absolute atomic E-state index is 0.0536. The summed E-state index contributed by atoms with van der Waals surface area (Å²) in [6.45, 7) is 6.39. The van der Waals surface area contributed by atoms with Gasteiger partial charge in [-0.15, -0.1) is 0 Å². The Morgan fingerprint density at radius 3 is 2.95 bits per heavy atom. The van der Waals surface area contributed by atoms with Crippen LogP contribution < -0.4 is 10.6 Å². The lowest BCUT2D eigenvalue weighted by Gasteiger charge is -2.12. The van der Waals surface area contributed by atoms with Gasteiger partial charge in [-0.25, -0.2) is 4.98 Å². The normalized spacial score (nSPS) is 17.7. The summed E-state index contributed by atoms with van der Waals surface area (Å²) in [6, 6.07) is 3.68. The van der Waals surface area contributed by atoms with E-state index in [1.165, 1.54) is 0 Å². The number of anilines is 1. The third kappa shape index (κ3) is 4.70. The van der Waals surface area contributed by atoms with Gasteiger partial charge in [0.05, 0.1) is 6.10 Å². The molecule has 116 valence electrons. The summed E-state index contributed by atoms with van der Waals surface area (Å²) in [5.74, 6) is 0.723. The smallest absolute Gasteiger partial charge is 0.251 e. The van der Waals surface area contributed by atoms with E-state index in [1.807, 2.05) is 19.1 Å². The van der Waals surface area contributed by atoms with Crippen LogP contribution in [0.15, 0.2) is 12.1 Å². The van der Waals surface area contributed by atoms with Crippen molar-refractivity contribution < 1.29 is 9.53 Å². The number of carbonyl (C=O) groups excluding carboxylic acids is 1. The van der Waals surface area contributed by atoms with E-state index >= 15 is 0 Å². The summed E-state index contributed by atoms with van der Waals surface area (Å²) in [6.07, 6.45) is 4.12. The molecule has 2 rings (SSSR count). The number of nitrogens with zero attached hydrogens (tertiary/aromatic N) is 1. The number of pyridine rings is 1. The number of nitrogens with one attached hydrogen (secondary N) is 2. The van der Waals surface area contributed by atoms with E-state index in [1.54, 1.807) is 0 Å². The molecular formula is C16H25N3O2. The molecule has 21 heavy (non-hydrogen) atoms. The van der Waals surface area contributed by atoms with Crippen molar-refractivity contribution in [1.29, 1.82) is 0 Å². The van der Waals surface area contributed by atoms with Crippen molar-refractivity contribution in [2.24, 2.45) is 0 Å². The molecule has 5 heteroatoms. The van der Waals surface area contributed by atoms with Crippen LogP contribution in [0.1, 0.15) is 49.2 Å². The first-order valence-corrected chi connectivity index (χ1v) is 7.87. The second kappa shape index (κ2) is 7.98. The van der Waals surface area contributed by atoms with E-state index in [2.05, 4.69) is 22.5 Å². The fourth-order valence-corrected chi connectivity index (χ4v) is 2.36. The fraction of sp³-hybridized carbons (Fsp3) is 0.625. The molecule has 2 heterocycles. The average molecular weight is 291 g/mol. The molecule has 0 aromatic carbocycles. The quantitative estimate of drug-likeness (QED) is 0.809. The van der Waals surface area contributed by atoms with Crippen LogP contribution in [0.25, 0.3) is 0 Å². The zero-order chi connectivity index (χ0) is 15.1. The van der Waals surface area contributed by atoms with Gasteiger partial charge in [0.15, 0.2) is 0 Å². The minimum atomic E-state index is -0.0536. The highest BCUT2D eigenvalue weighted by atomic mass is 16.5. The zero-order valence-corrected chi connectivity index (χ0v) is 12.9. The van der Waals surface area contributed by atoms with Crippen LogP contribution >= 0.6 is 0 Å². The predicted molar refractivity (Wildman–Crippen MR) is 83.7 cm³/mol.